The third-order valence-corrected chi connectivity index (χ3v) is 8.63. The molecule has 1 rings (SSSR count). The van der Waals surface area contributed by atoms with E-state index in [0.29, 0.717) is 6.54 Å². The van der Waals surface area contributed by atoms with E-state index in [1.807, 2.05) is 0 Å². The van der Waals surface area contributed by atoms with Crippen LogP contribution in [0.3, 0.4) is 0 Å². The summed E-state index contributed by atoms with van der Waals surface area (Å²) < 4.78 is 11.8. The first-order chi connectivity index (χ1) is 8.26. The van der Waals surface area contributed by atoms with Gasteiger partial charge in [-0.2, -0.15) is 0 Å². The summed E-state index contributed by atoms with van der Waals surface area (Å²) in [5, 5.41) is 0.241. The van der Waals surface area contributed by atoms with Crippen LogP contribution in [-0.2, 0) is 9.16 Å². The van der Waals surface area contributed by atoms with Crippen molar-refractivity contribution in [2.24, 2.45) is 5.73 Å². The van der Waals surface area contributed by atoms with Gasteiger partial charge in [0.1, 0.15) is 0 Å². The quantitative estimate of drug-likeness (QED) is 0.775. The van der Waals surface area contributed by atoms with Crippen molar-refractivity contribution in [2.75, 3.05) is 39.4 Å². The Morgan fingerprint density at radius 2 is 1.83 bits per heavy atom. The minimum absolute atomic E-state index is 0.156. The van der Waals surface area contributed by atoms with Crippen LogP contribution in [0, 0.1) is 0 Å². The Kier molecular flexibility index (Phi) is 5.80. The van der Waals surface area contributed by atoms with E-state index in [0.717, 1.165) is 32.8 Å². The van der Waals surface area contributed by atoms with E-state index in [1.54, 1.807) is 0 Å². The maximum atomic E-state index is 6.39. The fraction of sp³-hybridized carbons (Fsp3) is 1.00. The Bertz CT molecular complexity index is 248. The highest BCUT2D eigenvalue weighted by molar-refractivity contribution is 6.74. The highest BCUT2D eigenvalue weighted by Gasteiger charge is 2.39. The second-order valence-corrected chi connectivity index (χ2v) is 11.4. The third kappa shape index (κ3) is 4.62. The number of nitrogens with two attached hydrogens (primary N) is 1. The Hall–Kier alpha value is 0.0569. The molecule has 5 heteroatoms. The SMILES string of the molecule is CC(C)(C)[Si](C)(C)OC(CN)CN1CCOCC1. The minimum atomic E-state index is -1.71. The summed E-state index contributed by atoms with van der Waals surface area (Å²) in [6.45, 7) is 16.6. The van der Waals surface area contributed by atoms with Gasteiger partial charge in [0.25, 0.3) is 0 Å². The molecule has 1 atom stereocenters. The fourth-order valence-corrected chi connectivity index (χ4v) is 3.18. The van der Waals surface area contributed by atoms with Crippen molar-refractivity contribution >= 4 is 8.32 Å². The third-order valence-electron chi connectivity index (χ3n) is 4.10. The normalized spacial score (nSPS) is 21.0. The zero-order valence-electron chi connectivity index (χ0n) is 12.7. The van der Waals surface area contributed by atoms with Crippen molar-refractivity contribution in [2.45, 2.75) is 45.0 Å². The molecule has 0 aromatic heterocycles. The van der Waals surface area contributed by atoms with Crippen LogP contribution in [0.5, 0.6) is 0 Å². The van der Waals surface area contributed by atoms with Gasteiger partial charge in [-0.3, -0.25) is 4.90 Å². The smallest absolute Gasteiger partial charge is 0.192 e. The maximum Gasteiger partial charge on any atom is 0.192 e. The van der Waals surface area contributed by atoms with Gasteiger partial charge in [0.2, 0.25) is 0 Å². The summed E-state index contributed by atoms with van der Waals surface area (Å²) in [5.74, 6) is 0. The van der Waals surface area contributed by atoms with Crippen LogP contribution in [0.25, 0.3) is 0 Å². The van der Waals surface area contributed by atoms with Crippen LogP contribution >= 0.6 is 0 Å². The van der Waals surface area contributed by atoms with Crippen LogP contribution in [0.2, 0.25) is 18.1 Å². The van der Waals surface area contributed by atoms with Crippen LogP contribution in [-0.4, -0.2) is 58.7 Å². The van der Waals surface area contributed by atoms with Gasteiger partial charge in [0.05, 0.1) is 19.3 Å². The van der Waals surface area contributed by atoms with Gasteiger partial charge >= 0.3 is 0 Å². The first-order valence-electron chi connectivity index (χ1n) is 6.94. The lowest BCUT2D eigenvalue weighted by atomic mass is 10.2. The molecule has 1 heterocycles. The Morgan fingerprint density at radius 3 is 2.28 bits per heavy atom. The van der Waals surface area contributed by atoms with Gasteiger partial charge in [-0.1, -0.05) is 20.8 Å². The van der Waals surface area contributed by atoms with Crippen molar-refractivity contribution in [1.29, 1.82) is 0 Å². The summed E-state index contributed by atoms with van der Waals surface area (Å²) in [4.78, 5) is 2.40. The van der Waals surface area contributed by atoms with Crippen molar-refractivity contribution in [3.63, 3.8) is 0 Å². The van der Waals surface area contributed by atoms with E-state index < -0.39 is 8.32 Å². The van der Waals surface area contributed by atoms with E-state index in [1.165, 1.54) is 0 Å². The zero-order valence-corrected chi connectivity index (χ0v) is 13.7. The van der Waals surface area contributed by atoms with Gasteiger partial charge in [0.15, 0.2) is 8.32 Å². The fourth-order valence-electron chi connectivity index (χ4n) is 1.83. The standard InChI is InChI=1S/C13H30N2O2Si/c1-13(2,3)18(4,5)17-12(10-14)11-15-6-8-16-9-7-15/h12H,6-11,14H2,1-5H3. The molecule has 1 aliphatic heterocycles. The summed E-state index contributed by atoms with van der Waals surface area (Å²) in [6, 6.07) is 0. The summed E-state index contributed by atoms with van der Waals surface area (Å²) in [5.41, 5.74) is 5.88. The number of hydrogen-bond acceptors (Lipinski definition) is 4. The van der Waals surface area contributed by atoms with Gasteiger partial charge in [0, 0.05) is 26.2 Å². The minimum Gasteiger partial charge on any atom is -0.411 e. The lowest BCUT2D eigenvalue weighted by Gasteiger charge is -2.40. The largest absolute Gasteiger partial charge is 0.411 e. The molecule has 2 N–H and O–H groups in total. The maximum absolute atomic E-state index is 6.39. The van der Waals surface area contributed by atoms with Crippen LogP contribution in [0.4, 0.5) is 0 Å². The molecule has 0 bridgehead atoms. The van der Waals surface area contributed by atoms with E-state index >= 15 is 0 Å². The lowest BCUT2D eigenvalue weighted by molar-refractivity contribution is 0.0184. The van der Waals surface area contributed by atoms with E-state index in [4.69, 9.17) is 14.9 Å². The number of nitrogens with zero attached hydrogens (tertiary/aromatic N) is 1. The van der Waals surface area contributed by atoms with Crippen molar-refractivity contribution < 1.29 is 9.16 Å². The van der Waals surface area contributed by atoms with Crippen LogP contribution < -0.4 is 5.73 Å². The predicted molar refractivity (Wildman–Crippen MR) is 78.4 cm³/mol. The number of hydrogen-bond donors (Lipinski definition) is 1. The average molecular weight is 274 g/mol. The van der Waals surface area contributed by atoms with Crippen LogP contribution in [0.15, 0.2) is 0 Å². The molecule has 0 radical (unpaired) electrons. The molecule has 1 fully saturated rings. The molecule has 0 aromatic carbocycles. The van der Waals surface area contributed by atoms with Crippen LogP contribution in [0.1, 0.15) is 20.8 Å². The van der Waals surface area contributed by atoms with Gasteiger partial charge in [-0.05, 0) is 18.1 Å². The Morgan fingerprint density at radius 1 is 1.28 bits per heavy atom. The Balaban J connectivity index is 2.50. The molecular weight excluding hydrogens is 244 g/mol. The molecule has 0 aromatic rings. The first kappa shape index (κ1) is 16.1. The molecule has 0 amide bonds. The lowest BCUT2D eigenvalue weighted by Crippen LogP contribution is -2.50. The topological polar surface area (TPSA) is 47.7 Å². The highest BCUT2D eigenvalue weighted by atomic mass is 28.4. The summed E-state index contributed by atoms with van der Waals surface area (Å²) in [7, 11) is -1.71. The Labute approximate surface area is 113 Å². The van der Waals surface area contributed by atoms with Crippen molar-refractivity contribution in [1.82, 2.24) is 4.90 Å². The van der Waals surface area contributed by atoms with Crippen molar-refractivity contribution in [3.8, 4) is 0 Å². The number of morpholine rings is 1. The summed E-state index contributed by atoms with van der Waals surface area (Å²) in [6.07, 6.45) is 0.156. The highest BCUT2D eigenvalue weighted by Crippen LogP contribution is 2.37. The monoisotopic (exact) mass is 274 g/mol. The second-order valence-electron chi connectivity index (χ2n) is 6.65. The van der Waals surface area contributed by atoms with E-state index in [-0.39, 0.29) is 11.1 Å². The molecular formula is C13H30N2O2Si. The van der Waals surface area contributed by atoms with Crippen molar-refractivity contribution in [3.05, 3.63) is 0 Å². The van der Waals surface area contributed by atoms with Gasteiger partial charge in [-0.15, -0.1) is 0 Å². The molecule has 4 nitrogen and oxygen atoms in total. The molecule has 108 valence electrons. The zero-order chi connectivity index (χ0) is 13.8. The van der Waals surface area contributed by atoms with Gasteiger partial charge in [-0.25, -0.2) is 0 Å². The molecule has 1 saturated heterocycles. The second kappa shape index (κ2) is 6.48. The molecule has 1 unspecified atom stereocenters. The summed E-state index contributed by atoms with van der Waals surface area (Å²) >= 11 is 0. The number of ether oxygens (including phenoxy) is 1. The average Bonchev–Trinajstić information content (AvgIpc) is 2.27. The molecule has 0 aliphatic carbocycles. The molecule has 0 saturated carbocycles. The first-order valence-corrected chi connectivity index (χ1v) is 9.85. The molecule has 0 spiro atoms. The number of rotatable bonds is 5. The molecule has 1 aliphatic rings. The predicted octanol–water partition coefficient (Wildman–Crippen LogP) is 1.67. The molecule has 18 heavy (non-hydrogen) atoms. The van der Waals surface area contributed by atoms with E-state index in [2.05, 4.69) is 38.8 Å². The van der Waals surface area contributed by atoms with E-state index in [9.17, 15) is 0 Å². The van der Waals surface area contributed by atoms with Gasteiger partial charge < -0.3 is 14.9 Å².